The molecule has 2 aliphatic rings. The largest absolute Gasteiger partial charge is 0.481 e. The van der Waals surface area contributed by atoms with Gasteiger partial charge < -0.3 is 24.6 Å². The number of likely N-dealkylation sites (tertiary alicyclic amines) is 1. The van der Waals surface area contributed by atoms with Crippen LogP contribution in [0.4, 0.5) is 0 Å². The average Bonchev–Trinajstić information content (AvgIpc) is 3.01. The fourth-order valence-electron chi connectivity index (χ4n) is 2.97. The number of fused-ring (bicyclic) bond motifs is 1. The lowest BCUT2D eigenvalue weighted by atomic mass is 9.84. The van der Waals surface area contributed by atoms with Gasteiger partial charge in [-0.05, 0) is 30.5 Å². The standard InChI is InChI=1S/C16H19NO6/c18-14(3-4-15(19)20)17-7-5-16(21,6-8-17)11-1-2-12-13(9-11)23-10-22-12/h1-2,9,21H,3-8,10H2,(H,19,20). The van der Waals surface area contributed by atoms with Gasteiger partial charge in [0.05, 0.1) is 12.0 Å². The molecule has 0 aliphatic carbocycles. The van der Waals surface area contributed by atoms with Gasteiger partial charge in [0, 0.05) is 19.5 Å². The van der Waals surface area contributed by atoms with E-state index in [0.717, 1.165) is 5.56 Å². The Morgan fingerprint density at radius 3 is 2.52 bits per heavy atom. The monoisotopic (exact) mass is 321 g/mol. The summed E-state index contributed by atoms with van der Waals surface area (Å²) in [7, 11) is 0. The summed E-state index contributed by atoms with van der Waals surface area (Å²) in [6.45, 7) is 0.996. The number of carbonyl (C=O) groups excluding carboxylic acids is 1. The van der Waals surface area contributed by atoms with Gasteiger partial charge in [-0.2, -0.15) is 0 Å². The quantitative estimate of drug-likeness (QED) is 0.862. The zero-order valence-electron chi connectivity index (χ0n) is 12.7. The van der Waals surface area contributed by atoms with Crippen molar-refractivity contribution < 1.29 is 29.3 Å². The molecule has 0 unspecified atom stereocenters. The summed E-state index contributed by atoms with van der Waals surface area (Å²) in [5, 5.41) is 19.5. The van der Waals surface area contributed by atoms with Crippen LogP contribution in [0.25, 0.3) is 0 Å². The molecule has 0 spiro atoms. The molecule has 1 aromatic rings. The van der Waals surface area contributed by atoms with Gasteiger partial charge in [-0.15, -0.1) is 0 Å². The van der Waals surface area contributed by atoms with Crippen LogP contribution in [0.3, 0.4) is 0 Å². The van der Waals surface area contributed by atoms with E-state index in [2.05, 4.69) is 0 Å². The highest BCUT2D eigenvalue weighted by atomic mass is 16.7. The fourth-order valence-corrected chi connectivity index (χ4v) is 2.97. The first-order chi connectivity index (χ1) is 11.0. The number of aliphatic carboxylic acids is 1. The van der Waals surface area contributed by atoms with Crippen molar-refractivity contribution in [1.29, 1.82) is 0 Å². The number of piperidine rings is 1. The van der Waals surface area contributed by atoms with E-state index in [1.807, 2.05) is 6.07 Å². The molecule has 1 fully saturated rings. The molecule has 124 valence electrons. The van der Waals surface area contributed by atoms with Crippen molar-refractivity contribution in [3.05, 3.63) is 23.8 Å². The normalized spacial score (nSPS) is 18.7. The second kappa shape index (κ2) is 6.08. The van der Waals surface area contributed by atoms with E-state index in [0.29, 0.717) is 37.4 Å². The predicted octanol–water partition coefficient (Wildman–Crippen LogP) is 1.09. The Morgan fingerprint density at radius 2 is 1.83 bits per heavy atom. The van der Waals surface area contributed by atoms with Crippen molar-refractivity contribution in [1.82, 2.24) is 4.90 Å². The molecule has 2 aliphatic heterocycles. The van der Waals surface area contributed by atoms with Gasteiger partial charge in [0.2, 0.25) is 12.7 Å². The molecule has 3 rings (SSSR count). The molecule has 7 heteroatoms. The number of hydrogen-bond donors (Lipinski definition) is 2. The van der Waals surface area contributed by atoms with Gasteiger partial charge in [-0.25, -0.2) is 0 Å². The molecule has 1 amide bonds. The second-order valence-corrected chi connectivity index (χ2v) is 5.87. The Bertz CT molecular complexity index is 621. The number of carbonyl (C=O) groups is 2. The average molecular weight is 321 g/mol. The van der Waals surface area contributed by atoms with Gasteiger partial charge in [-0.1, -0.05) is 6.07 Å². The number of aliphatic hydroxyl groups is 1. The maximum absolute atomic E-state index is 11.9. The Morgan fingerprint density at radius 1 is 1.13 bits per heavy atom. The van der Waals surface area contributed by atoms with E-state index in [9.17, 15) is 14.7 Å². The molecule has 0 bridgehead atoms. The second-order valence-electron chi connectivity index (χ2n) is 5.87. The van der Waals surface area contributed by atoms with Crippen molar-refractivity contribution in [2.24, 2.45) is 0 Å². The number of benzene rings is 1. The van der Waals surface area contributed by atoms with Gasteiger partial charge in [-0.3, -0.25) is 9.59 Å². The van der Waals surface area contributed by atoms with E-state index in [-0.39, 0.29) is 25.5 Å². The van der Waals surface area contributed by atoms with Crippen molar-refractivity contribution >= 4 is 11.9 Å². The minimum Gasteiger partial charge on any atom is -0.481 e. The van der Waals surface area contributed by atoms with Gasteiger partial charge in [0.25, 0.3) is 0 Å². The highest BCUT2D eigenvalue weighted by molar-refractivity contribution is 5.80. The lowest BCUT2D eigenvalue weighted by molar-refractivity contribution is -0.142. The van der Waals surface area contributed by atoms with E-state index < -0.39 is 11.6 Å². The molecule has 7 nitrogen and oxygen atoms in total. The highest BCUT2D eigenvalue weighted by Gasteiger charge is 2.36. The summed E-state index contributed by atoms with van der Waals surface area (Å²) in [5.41, 5.74) is -0.260. The van der Waals surface area contributed by atoms with Crippen molar-refractivity contribution in [3.8, 4) is 11.5 Å². The lowest BCUT2D eigenvalue weighted by Crippen LogP contribution is -2.45. The van der Waals surface area contributed by atoms with Crippen LogP contribution in [-0.4, -0.2) is 46.9 Å². The summed E-state index contributed by atoms with van der Waals surface area (Å²) >= 11 is 0. The van der Waals surface area contributed by atoms with Crippen LogP contribution in [0.1, 0.15) is 31.2 Å². The highest BCUT2D eigenvalue weighted by Crippen LogP contribution is 2.39. The molecule has 23 heavy (non-hydrogen) atoms. The van der Waals surface area contributed by atoms with Crippen molar-refractivity contribution in [2.45, 2.75) is 31.3 Å². The number of rotatable bonds is 4. The third-order valence-electron chi connectivity index (χ3n) is 4.41. The van der Waals surface area contributed by atoms with Crippen LogP contribution >= 0.6 is 0 Å². The molecule has 1 saturated heterocycles. The first-order valence-electron chi connectivity index (χ1n) is 7.60. The molecule has 0 radical (unpaired) electrons. The number of ether oxygens (including phenoxy) is 2. The minimum atomic E-state index is -1.01. The third-order valence-corrected chi connectivity index (χ3v) is 4.41. The summed E-state index contributed by atoms with van der Waals surface area (Å²) in [6.07, 6.45) is 0.649. The zero-order chi connectivity index (χ0) is 16.4. The first-order valence-corrected chi connectivity index (χ1v) is 7.60. The number of nitrogens with zero attached hydrogens (tertiary/aromatic N) is 1. The molecule has 2 heterocycles. The molecule has 0 aromatic heterocycles. The van der Waals surface area contributed by atoms with Crippen LogP contribution in [0.5, 0.6) is 11.5 Å². The van der Waals surface area contributed by atoms with Crippen LogP contribution in [0, 0.1) is 0 Å². The number of carboxylic acid groups (broad SMARTS) is 1. The minimum absolute atomic E-state index is 0.00220. The molecular weight excluding hydrogens is 302 g/mol. The molecule has 2 N–H and O–H groups in total. The van der Waals surface area contributed by atoms with Gasteiger partial charge >= 0.3 is 5.97 Å². The van der Waals surface area contributed by atoms with Crippen molar-refractivity contribution in [3.63, 3.8) is 0 Å². The van der Waals surface area contributed by atoms with Crippen LogP contribution in [0.2, 0.25) is 0 Å². The Labute approximate surface area is 133 Å². The van der Waals surface area contributed by atoms with Gasteiger partial charge in [0.1, 0.15) is 0 Å². The van der Waals surface area contributed by atoms with E-state index >= 15 is 0 Å². The summed E-state index contributed by atoms with van der Waals surface area (Å²) in [6, 6.07) is 5.37. The number of hydrogen-bond acceptors (Lipinski definition) is 5. The number of amides is 1. The van der Waals surface area contributed by atoms with Gasteiger partial charge in [0.15, 0.2) is 11.5 Å². The SMILES string of the molecule is O=C(O)CCC(=O)N1CCC(O)(c2ccc3c(c2)OCO3)CC1. The third kappa shape index (κ3) is 3.24. The lowest BCUT2D eigenvalue weighted by Gasteiger charge is -2.38. The summed E-state index contributed by atoms with van der Waals surface area (Å²) in [5.74, 6) is 0.127. The van der Waals surface area contributed by atoms with E-state index in [4.69, 9.17) is 14.6 Å². The van der Waals surface area contributed by atoms with Crippen molar-refractivity contribution in [2.75, 3.05) is 19.9 Å². The topological polar surface area (TPSA) is 96.3 Å². The summed E-state index contributed by atoms with van der Waals surface area (Å²) < 4.78 is 10.6. The molecular formula is C16H19NO6. The Balaban J connectivity index is 1.63. The Hall–Kier alpha value is -2.28. The van der Waals surface area contributed by atoms with Crippen LogP contribution in [0.15, 0.2) is 18.2 Å². The maximum atomic E-state index is 11.9. The molecule has 0 atom stereocenters. The molecule has 1 aromatic carbocycles. The zero-order valence-corrected chi connectivity index (χ0v) is 12.7. The fraction of sp³-hybridized carbons (Fsp3) is 0.500. The van der Waals surface area contributed by atoms with E-state index in [1.54, 1.807) is 17.0 Å². The van der Waals surface area contributed by atoms with Crippen LogP contribution < -0.4 is 9.47 Å². The van der Waals surface area contributed by atoms with Crippen LogP contribution in [-0.2, 0) is 15.2 Å². The molecule has 0 saturated carbocycles. The summed E-state index contributed by atoms with van der Waals surface area (Å²) in [4.78, 5) is 24.1. The predicted molar refractivity (Wildman–Crippen MR) is 79.1 cm³/mol. The first kappa shape index (κ1) is 15.6. The Kier molecular flexibility index (Phi) is 4.12. The maximum Gasteiger partial charge on any atom is 0.303 e. The number of carboxylic acids is 1. The van der Waals surface area contributed by atoms with E-state index in [1.165, 1.54) is 0 Å². The smallest absolute Gasteiger partial charge is 0.303 e.